The van der Waals surface area contributed by atoms with Crippen LogP contribution in [0.1, 0.15) is 17.2 Å². The fraction of sp³-hybridized carbons (Fsp3) is 0.0870. The second-order valence-corrected chi connectivity index (χ2v) is 7.62. The van der Waals surface area contributed by atoms with Crippen molar-refractivity contribution in [1.82, 2.24) is 5.16 Å². The summed E-state index contributed by atoms with van der Waals surface area (Å²) in [7, 11) is 0. The van der Waals surface area contributed by atoms with Gasteiger partial charge in [0, 0.05) is 22.0 Å². The molecule has 1 N–H and O–H groups in total. The van der Waals surface area contributed by atoms with E-state index in [2.05, 4.69) is 33.2 Å². The Labute approximate surface area is 165 Å². The van der Waals surface area contributed by atoms with Crippen LogP contribution in [-0.2, 0) is 6.42 Å². The second kappa shape index (κ2) is 6.48. The zero-order valence-electron chi connectivity index (χ0n) is 14.4. The van der Waals surface area contributed by atoms with Crippen LogP contribution >= 0.6 is 15.9 Å². The van der Waals surface area contributed by atoms with Gasteiger partial charge < -0.3 is 9.63 Å². The lowest BCUT2D eigenvalue weighted by molar-refractivity contribution is 0.178. The van der Waals surface area contributed by atoms with Gasteiger partial charge in [-0.1, -0.05) is 81.8 Å². The molecule has 1 aromatic heterocycles. The monoisotopic (exact) mass is 417 g/mol. The van der Waals surface area contributed by atoms with Gasteiger partial charge in [-0.3, -0.25) is 0 Å². The molecule has 0 spiro atoms. The van der Waals surface area contributed by atoms with Gasteiger partial charge in [0.2, 0.25) is 0 Å². The Morgan fingerprint density at radius 3 is 2.41 bits per heavy atom. The Balaban J connectivity index is 1.85. The molecule has 3 aromatic carbocycles. The van der Waals surface area contributed by atoms with E-state index < -0.39 is 6.10 Å². The van der Waals surface area contributed by atoms with Crippen LogP contribution in [0.5, 0.6) is 0 Å². The van der Waals surface area contributed by atoms with E-state index in [1.54, 1.807) is 0 Å². The van der Waals surface area contributed by atoms with Crippen LogP contribution in [0.15, 0.2) is 81.8 Å². The molecule has 0 bridgehead atoms. The second-order valence-electron chi connectivity index (χ2n) is 6.71. The van der Waals surface area contributed by atoms with E-state index in [1.165, 1.54) is 0 Å². The van der Waals surface area contributed by atoms with Crippen molar-refractivity contribution in [2.24, 2.45) is 0 Å². The average Bonchev–Trinajstić information content (AvgIpc) is 3.12. The number of nitrogens with zero attached hydrogens (tertiary/aromatic N) is 1. The third kappa shape index (κ3) is 2.73. The molecule has 3 nitrogen and oxygen atoms in total. The maximum atomic E-state index is 10.8. The van der Waals surface area contributed by atoms with E-state index in [0.717, 1.165) is 43.5 Å². The van der Waals surface area contributed by atoms with Gasteiger partial charge in [-0.25, -0.2) is 0 Å². The lowest BCUT2D eigenvalue weighted by Crippen LogP contribution is -2.07. The topological polar surface area (TPSA) is 46.3 Å². The minimum atomic E-state index is -0.586. The van der Waals surface area contributed by atoms with Gasteiger partial charge in [0.25, 0.3) is 0 Å². The number of aliphatic hydroxyl groups excluding tert-OH is 1. The van der Waals surface area contributed by atoms with Gasteiger partial charge in [-0.15, -0.1) is 0 Å². The molecule has 5 rings (SSSR count). The molecule has 0 radical (unpaired) electrons. The summed E-state index contributed by atoms with van der Waals surface area (Å²) >= 11 is 3.49. The summed E-state index contributed by atoms with van der Waals surface area (Å²) in [5.74, 6) is 0.703. The van der Waals surface area contributed by atoms with Crippen LogP contribution in [0.2, 0.25) is 0 Å². The van der Waals surface area contributed by atoms with Crippen LogP contribution in [0.4, 0.5) is 0 Å². The Hall–Kier alpha value is -2.69. The molecular weight excluding hydrogens is 402 g/mol. The number of aliphatic hydroxyl groups is 1. The van der Waals surface area contributed by atoms with Crippen molar-refractivity contribution < 1.29 is 9.63 Å². The third-order valence-electron chi connectivity index (χ3n) is 5.07. The molecule has 1 aliphatic rings. The predicted octanol–water partition coefficient (Wildman–Crippen LogP) is 6.03. The van der Waals surface area contributed by atoms with E-state index in [1.807, 2.05) is 60.7 Å². The summed E-state index contributed by atoms with van der Waals surface area (Å²) in [5.41, 5.74) is 6.69. The summed E-state index contributed by atoms with van der Waals surface area (Å²) in [6, 6.07) is 24.1. The van der Waals surface area contributed by atoms with Crippen molar-refractivity contribution in [1.29, 1.82) is 0 Å². The van der Waals surface area contributed by atoms with Crippen LogP contribution in [-0.4, -0.2) is 10.3 Å². The van der Waals surface area contributed by atoms with Crippen LogP contribution in [0.25, 0.3) is 33.7 Å². The molecule has 4 heteroatoms. The molecule has 0 fully saturated rings. The van der Waals surface area contributed by atoms with Crippen molar-refractivity contribution in [2.45, 2.75) is 12.5 Å². The summed E-state index contributed by atoms with van der Waals surface area (Å²) < 4.78 is 6.89. The van der Waals surface area contributed by atoms with E-state index in [9.17, 15) is 5.11 Å². The maximum absolute atomic E-state index is 10.8. The molecule has 132 valence electrons. The number of fused-ring (bicyclic) bond motifs is 5. The van der Waals surface area contributed by atoms with E-state index in [0.29, 0.717) is 12.2 Å². The highest BCUT2D eigenvalue weighted by atomic mass is 79.9. The third-order valence-corrected chi connectivity index (χ3v) is 5.60. The standard InChI is InChI=1S/C23H16BrNO2/c24-16-11-9-14(10-12-16)22-21-17-6-2-1-5-15(17)13-20(26)18-7-3-4-8-19(18)23(21)27-25-22/h1-12,20,26H,13H2. The van der Waals surface area contributed by atoms with Gasteiger partial charge in [0.15, 0.2) is 5.76 Å². The minimum Gasteiger partial charge on any atom is -0.388 e. The molecule has 1 unspecified atom stereocenters. The van der Waals surface area contributed by atoms with E-state index in [4.69, 9.17) is 4.52 Å². The zero-order chi connectivity index (χ0) is 18.4. The van der Waals surface area contributed by atoms with E-state index in [-0.39, 0.29) is 0 Å². The van der Waals surface area contributed by atoms with Gasteiger partial charge in [-0.05, 0) is 28.8 Å². The molecule has 1 atom stereocenters. The van der Waals surface area contributed by atoms with Gasteiger partial charge in [0.1, 0.15) is 5.69 Å². The first kappa shape index (κ1) is 16.5. The molecule has 0 amide bonds. The average molecular weight is 418 g/mol. The van der Waals surface area contributed by atoms with Gasteiger partial charge in [-0.2, -0.15) is 0 Å². The van der Waals surface area contributed by atoms with Gasteiger partial charge in [0.05, 0.1) is 11.7 Å². The Bertz CT molecular complexity index is 1130. The lowest BCUT2D eigenvalue weighted by Gasteiger charge is -2.20. The Morgan fingerprint density at radius 2 is 1.59 bits per heavy atom. The number of halogens is 1. The highest BCUT2D eigenvalue weighted by molar-refractivity contribution is 9.10. The molecule has 27 heavy (non-hydrogen) atoms. The van der Waals surface area contributed by atoms with Crippen molar-refractivity contribution in [3.63, 3.8) is 0 Å². The van der Waals surface area contributed by atoms with Crippen LogP contribution < -0.4 is 0 Å². The fourth-order valence-corrected chi connectivity index (χ4v) is 4.05. The zero-order valence-corrected chi connectivity index (χ0v) is 16.0. The molecule has 0 aliphatic heterocycles. The summed E-state index contributed by atoms with van der Waals surface area (Å²) in [5, 5.41) is 15.3. The molecule has 0 saturated carbocycles. The first-order chi connectivity index (χ1) is 13.2. The summed E-state index contributed by atoms with van der Waals surface area (Å²) in [6.07, 6.45) is -0.0332. The minimum absolute atomic E-state index is 0.553. The van der Waals surface area contributed by atoms with Crippen molar-refractivity contribution in [2.75, 3.05) is 0 Å². The van der Waals surface area contributed by atoms with Crippen molar-refractivity contribution in [3.05, 3.63) is 88.4 Å². The lowest BCUT2D eigenvalue weighted by atomic mass is 9.85. The van der Waals surface area contributed by atoms with E-state index >= 15 is 0 Å². The molecule has 1 aliphatic carbocycles. The smallest absolute Gasteiger partial charge is 0.175 e. The molecule has 0 saturated heterocycles. The number of hydrogen-bond donors (Lipinski definition) is 1. The molecular formula is C23H16BrNO2. The number of hydrogen-bond acceptors (Lipinski definition) is 3. The summed E-state index contributed by atoms with van der Waals surface area (Å²) in [6.45, 7) is 0. The number of aromatic nitrogens is 1. The first-order valence-electron chi connectivity index (χ1n) is 8.83. The normalized spacial score (nSPS) is 15.3. The summed E-state index contributed by atoms with van der Waals surface area (Å²) in [4.78, 5) is 0. The van der Waals surface area contributed by atoms with Crippen LogP contribution in [0, 0.1) is 0 Å². The fourth-order valence-electron chi connectivity index (χ4n) is 3.78. The Morgan fingerprint density at radius 1 is 0.889 bits per heavy atom. The molecule has 1 heterocycles. The number of rotatable bonds is 1. The molecule has 4 aromatic rings. The van der Waals surface area contributed by atoms with Crippen molar-refractivity contribution >= 4 is 15.9 Å². The highest BCUT2D eigenvalue weighted by Crippen LogP contribution is 2.45. The number of benzene rings is 3. The predicted molar refractivity (Wildman–Crippen MR) is 109 cm³/mol. The van der Waals surface area contributed by atoms with Crippen molar-refractivity contribution in [3.8, 4) is 33.7 Å². The van der Waals surface area contributed by atoms with Crippen LogP contribution in [0.3, 0.4) is 0 Å². The Kier molecular flexibility index (Phi) is 3.96. The largest absolute Gasteiger partial charge is 0.388 e. The maximum Gasteiger partial charge on any atom is 0.175 e. The SMILES string of the molecule is OC1Cc2ccccc2-c2c(-c3ccc(Br)cc3)noc2-c2ccccc21. The highest BCUT2D eigenvalue weighted by Gasteiger charge is 2.28. The quantitative estimate of drug-likeness (QED) is 0.411. The first-order valence-corrected chi connectivity index (χ1v) is 9.63. The van der Waals surface area contributed by atoms with Gasteiger partial charge >= 0.3 is 0 Å².